The Labute approximate surface area is 117 Å². The summed E-state index contributed by atoms with van der Waals surface area (Å²) in [4.78, 5) is 16.5. The Morgan fingerprint density at radius 1 is 1.45 bits per heavy atom. The average molecular weight is 277 g/mol. The number of nitrogens with zero attached hydrogens (tertiary/aromatic N) is 1. The third kappa shape index (κ3) is 2.80. The number of nitrogens with one attached hydrogen (secondary N) is 4. The third-order valence-electron chi connectivity index (χ3n) is 3.88. The van der Waals surface area contributed by atoms with Crippen LogP contribution < -0.4 is 21.7 Å². The Morgan fingerprint density at radius 3 is 2.90 bits per heavy atom. The first-order valence-corrected chi connectivity index (χ1v) is 6.87. The van der Waals surface area contributed by atoms with Crippen molar-refractivity contribution in [1.29, 1.82) is 0 Å². The van der Waals surface area contributed by atoms with E-state index in [-0.39, 0.29) is 30.0 Å². The number of amides is 1. The molecule has 1 saturated heterocycles. The molecule has 1 aromatic heterocycles. The van der Waals surface area contributed by atoms with E-state index in [1.54, 1.807) is 6.20 Å². The molecule has 1 aliphatic carbocycles. The molecule has 2 heterocycles. The van der Waals surface area contributed by atoms with Crippen LogP contribution in [-0.4, -0.2) is 34.7 Å². The number of aliphatic hydroxyl groups excluding tert-OH is 1. The lowest BCUT2D eigenvalue weighted by Gasteiger charge is -2.38. The smallest absolute Gasteiger partial charge is 0.240 e. The molecule has 2 fully saturated rings. The molecular formula is C13H19N5O2. The summed E-state index contributed by atoms with van der Waals surface area (Å²) in [5, 5.41) is 12.5. The van der Waals surface area contributed by atoms with E-state index in [4.69, 9.17) is 0 Å². The van der Waals surface area contributed by atoms with Gasteiger partial charge in [-0.25, -0.2) is 10.9 Å². The highest BCUT2D eigenvalue weighted by molar-refractivity contribution is 5.82. The van der Waals surface area contributed by atoms with E-state index in [1.807, 2.05) is 18.2 Å². The molecule has 20 heavy (non-hydrogen) atoms. The molecule has 1 aliphatic heterocycles. The topological polar surface area (TPSA) is 98.3 Å². The normalized spacial score (nSPS) is 30.6. The second kappa shape index (κ2) is 5.84. The molecule has 0 bridgehead atoms. The van der Waals surface area contributed by atoms with E-state index in [2.05, 4.69) is 26.7 Å². The highest BCUT2D eigenvalue weighted by Gasteiger charge is 2.37. The van der Waals surface area contributed by atoms with E-state index >= 15 is 0 Å². The van der Waals surface area contributed by atoms with Gasteiger partial charge in [-0.05, 0) is 30.9 Å². The number of aromatic nitrogens is 1. The standard InChI is InChI=1S/C13H19N5O2/c19-9-5-8(6-9)12(10-3-1-2-4-14-10)16-13(20)11-7-15-18-17-11/h1-4,8-9,11-12,15,17-19H,5-7H2,(H,16,20). The average Bonchev–Trinajstić information content (AvgIpc) is 2.97. The second-order valence-electron chi connectivity index (χ2n) is 5.33. The molecule has 1 saturated carbocycles. The fraction of sp³-hybridized carbons (Fsp3) is 0.538. The summed E-state index contributed by atoms with van der Waals surface area (Å²) in [6.45, 7) is 0.536. The molecule has 108 valence electrons. The van der Waals surface area contributed by atoms with Crippen molar-refractivity contribution in [2.75, 3.05) is 6.54 Å². The molecule has 2 unspecified atom stereocenters. The van der Waals surface area contributed by atoms with Crippen LogP contribution in [0.5, 0.6) is 0 Å². The van der Waals surface area contributed by atoms with Crippen LogP contribution in [0, 0.1) is 5.92 Å². The minimum absolute atomic E-state index is 0.0699. The number of carbonyl (C=O) groups excluding carboxylic acids is 1. The van der Waals surface area contributed by atoms with Gasteiger partial charge in [-0.3, -0.25) is 9.78 Å². The van der Waals surface area contributed by atoms with E-state index in [9.17, 15) is 9.90 Å². The summed E-state index contributed by atoms with van der Waals surface area (Å²) in [7, 11) is 0. The molecule has 7 nitrogen and oxygen atoms in total. The van der Waals surface area contributed by atoms with E-state index in [0.29, 0.717) is 19.4 Å². The highest BCUT2D eigenvalue weighted by atomic mass is 16.3. The van der Waals surface area contributed by atoms with E-state index < -0.39 is 0 Å². The number of hydrogen-bond acceptors (Lipinski definition) is 6. The van der Waals surface area contributed by atoms with Gasteiger partial charge in [0.05, 0.1) is 17.8 Å². The van der Waals surface area contributed by atoms with Crippen molar-refractivity contribution in [3.8, 4) is 0 Å². The molecule has 2 aliphatic rings. The number of hydrazine groups is 2. The molecule has 1 aromatic rings. The fourth-order valence-electron chi connectivity index (χ4n) is 2.65. The number of pyridine rings is 1. The number of hydrogen-bond donors (Lipinski definition) is 5. The van der Waals surface area contributed by atoms with Crippen LogP contribution in [0.1, 0.15) is 24.6 Å². The van der Waals surface area contributed by atoms with Crippen LogP contribution in [0.25, 0.3) is 0 Å². The van der Waals surface area contributed by atoms with Crippen molar-refractivity contribution in [3.63, 3.8) is 0 Å². The lowest BCUT2D eigenvalue weighted by molar-refractivity contribution is -0.124. The van der Waals surface area contributed by atoms with Crippen molar-refractivity contribution in [3.05, 3.63) is 30.1 Å². The Balaban J connectivity index is 1.70. The number of rotatable bonds is 4. The molecule has 1 amide bonds. The molecule has 0 spiro atoms. The zero-order valence-electron chi connectivity index (χ0n) is 11.0. The second-order valence-corrected chi connectivity index (χ2v) is 5.33. The number of aliphatic hydroxyl groups is 1. The predicted octanol–water partition coefficient (Wildman–Crippen LogP) is -1.01. The van der Waals surface area contributed by atoms with Crippen LogP contribution in [-0.2, 0) is 4.79 Å². The summed E-state index contributed by atoms with van der Waals surface area (Å²) in [5.41, 5.74) is 9.27. The van der Waals surface area contributed by atoms with E-state index in [1.165, 1.54) is 0 Å². The van der Waals surface area contributed by atoms with Crippen LogP contribution in [0.2, 0.25) is 0 Å². The monoisotopic (exact) mass is 277 g/mol. The lowest BCUT2D eigenvalue weighted by Crippen LogP contribution is -2.49. The largest absolute Gasteiger partial charge is 0.393 e. The van der Waals surface area contributed by atoms with Crippen molar-refractivity contribution >= 4 is 5.91 Å². The minimum atomic E-state index is -0.300. The van der Waals surface area contributed by atoms with Crippen molar-refractivity contribution in [1.82, 2.24) is 26.7 Å². The third-order valence-corrected chi connectivity index (χ3v) is 3.88. The quantitative estimate of drug-likeness (QED) is 0.484. The summed E-state index contributed by atoms with van der Waals surface area (Å²) in [5.74, 6) is 0.172. The van der Waals surface area contributed by atoms with Gasteiger partial charge in [0.2, 0.25) is 5.91 Å². The molecule has 3 rings (SSSR count). The lowest BCUT2D eigenvalue weighted by atomic mass is 9.76. The first kappa shape index (κ1) is 13.4. The first-order valence-electron chi connectivity index (χ1n) is 6.87. The van der Waals surface area contributed by atoms with E-state index in [0.717, 1.165) is 5.69 Å². The first-order chi connectivity index (χ1) is 9.74. The van der Waals surface area contributed by atoms with Gasteiger partial charge in [0.1, 0.15) is 6.04 Å². The summed E-state index contributed by atoms with van der Waals surface area (Å²) < 4.78 is 0. The van der Waals surface area contributed by atoms with Gasteiger partial charge in [0.25, 0.3) is 0 Å². The molecular weight excluding hydrogens is 258 g/mol. The van der Waals surface area contributed by atoms with Gasteiger partial charge in [-0.1, -0.05) is 6.07 Å². The molecule has 5 N–H and O–H groups in total. The van der Waals surface area contributed by atoms with Gasteiger partial charge in [0, 0.05) is 12.7 Å². The molecule has 0 aromatic carbocycles. The Kier molecular flexibility index (Phi) is 3.93. The Hall–Kier alpha value is -1.54. The Bertz CT molecular complexity index is 457. The molecule has 2 atom stereocenters. The van der Waals surface area contributed by atoms with Crippen molar-refractivity contribution < 1.29 is 9.90 Å². The maximum Gasteiger partial charge on any atom is 0.240 e. The maximum atomic E-state index is 12.2. The van der Waals surface area contributed by atoms with Gasteiger partial charge in [-0.2, -0.15) is 5.53 Å². The zero-order chi connectivity index (χ0) is 13.9. The summed E-state index contributed by atoms with van der Waals surface area (Å²) in [6.07, 6.45) is 2.88. The summed E-state index contributed by atoms with van der Waals surface area (Å²) >= 11 is 0. The van der Waals surface area contributed by atoms with Crippen molar-refractivity contribution in [2.24, 2.45) is 5.92 Å². The van der Waals surface area contributed by atoms with Crippen LogP contribution in [0.3, 0.4) is 0 Å². The Morgan fingerprint density at radius 2 is 2.30 bits per heavy atom. The van der Waals surface area contributed by atoms with Crippen LogP contribution in [0.15, 0.2) is 24.4 Å². The summed E-state index contributed by atoms with van der Waals surface area (Å²) in [6, 6.07) is 5.23. The maximum absolute atomic E-state index is 12.2. The highest BCUT2D eigenvalue weighted by Crippen LogP contribution is 2.37. The van der Waals surface area contributed by atoms with Gasteiger partial charge in [0.15, 0.2) is 0 Å². The minimum Gasteiger partial charge on any atom is -0.393 e. The van der Waals surface area contributed by atoms with Gasteiger partial charge >= 0.3 is 0 Å². The molecule has 7 heteroatoms. The SMILES string of the molecule is O=C(NC(c1ccccn1)C1CC(O)C1)C1CNNN1. The van der Waals surface area contributed by atoms with Gasteiger partial charge in [-0.15, -0.1) is 0 Å². The van der Waals surface area contributed by atoms with Crippen LogP contribution >= 0.6 is 0 Å². The van der Waals surface area contributed by atoms with Crippen LogP contribution in [0.4, 0.5) is 0 Å². The number of carbonyl (C=O) groups is 1. The molecule has 0 radical (unpaired) electrons. The fourth-order valence-corrected chi connectivity index (χ4v) is 2.65. The van der Waals surface area contributed by atoms with Gasteiger partial charge < -0.3 is 10.4 Å². The predicted molar refractivity (Wildman–Crippen MR) is 71.9 cm³/mol. The zero-order valence-corrected chi connectivity index (χ0v) is 11.0. The van der Waals surface area contributed by atoms with Crippen molar-refractivity contribution in [2.45, 2.75) is 31.0 Å².